The monoisotopic (exact) mass is 371 g/mol. The minimum atomic E-state index is 0. The van der Waals surface area contributed by atoms with Gasteiger partial charge in [-0.05, 0) is 32.9 Å². The Morgan fingerprint density at radius 2 is 2.14 bits per heavy atom. The number of hydrogen-bond donors (Lipinski definition) is 1. The molecule has 0 bridgehead atoms. The molecular formula is C15H31Cl2N3OS. The van der Waals surface area contributed by atoms with Crippen molar-refractivity contribution in [2.45, 2.75) is 44.2 Å². The summed E-state index contributed by atoms with van der Waals surface area (Å²) in [5, 5.41) is 3.44. The summed E-state index contributed by atoms with van der Waals surface area (Å²) in [5.41, 5.74) is 0. The Kier molecular flexibility index (Phi) is 12.0. The third kappa shape index (κ3) is 7.26. The molecule has 2 rings (SSSR count). The van der Waals surface area contributed by atoms with E-state index < -0.39 is 0 Å². The van der Waals surface area contributed by atoms with Crippen LogP contribution in [0, 0.1) is 0 Å². The second-order valence-corrected chi connectivity index (χ2v) is 7.31. The smallest absolute Gasteiger partial charge is 0.223 e. The third-order valence-corrected chi connectivity index (χ3v) is 5.70. The maximum absolute atomic E-state index is 12.2. The van der Waals surface area contributed by atoms with Crippen LogP contribution in [-0.4, -0.2) is 73.0 Å². The molecule has 0 radical (unpaired) electrons. The minimum Gasteiger partial charge on any atom is -0.346 e. The fourth-order valence-electron chi connectivity index (χ4n) is 3.09. The third-order valence-electron chi connectivity index (χ3n) is 4.56. The van der Waals surface area contributed by atoms with E-state index in [1.165, 1.54) is 31.6 Å². The van der Waals surface area contributed by atoms with Crippen LogP contribution >= 0.6 is 36.6 Å². The van der Waals surface area contributed by atoms with Gasteiger partial charge in [-0.25, -0.2) is 0 Å². The summed E-state index contributed by atoms with van der Waals surface area (Å²) in [6, 6.07) is 1.04. The molecule has 0 aromatic carbocycles. The highest BCUT2D eigenvalue weighted by atomic mass is 35.5. The van der Waals surface area contributed by atoms with Gasteiger partial charge in [0.2, 0.25) is 5.91 Å². The second-order valence-electron chi connectivity index (χ2n) is 6.16. The number of nitrogens with zero attached hydrogens (tertiary/aromatic N) is 2. The quantitative estimate of drug-likeness (QED) is 0.803. The number of carbonyl (C=O) groups is 1. The van der Waals surface area contributed by atoms with Crippen molar-refractivity contribution in [1.82, 2.24) is 15.1 Å². The van der Waals surface area contributed by atoms with Crippen LogP contribution < -0.4 is 5.32 Å². The second kappa shape index (κ2) is 11.8. The zero-order chi connectivity index (χ0) is 14.4. The summed E-state index contributed by atoms with van der Waals surface area (Å²) in [5.74, 6) is 2.54. The first-order chi connectivity index (χ1) is 9.66. The molecule has 132 valence electrons. The molecule has 2 aliphatic rings. The molecule has 2 aliphatic heterocycles. The van der Waals surface area contributed by atoms with Crippen molar-refractivity contribution in [2.75, 3.05) is 45.2 Å². The lowest BCUT2D eigenvalue weighted by atomic mass is 10.00. The summed E-state index contributed by atoms with van der Waals surface area (Å²) >= 11 is 1.95. The van der Waals surface area contributed by atoms with Crippen LogP contribution in [0.2, 0.25) is 0 Å². The number of carbonyl (C=O) groups excluding carboxylic acids is 1. The predicted octanol–water partition coefficient (Wildman–Crippen LogP) is 2.26. The molecule has 0 aliphatic carbocycles. The molecule has 2 heterocycles. The van der Waals surface area contributed by atoms with Crippen molar-refractivity contribution in [1.29, 1.82) is 0 Å². The van der Waals surface area contributed by atoms with E-state index in [0.717, 1.165) is 25.3 Å². The zero-order valence-electron chi connectivity index (χ0n) is 13.8. The number of nitrogens with one attached hydrogen (secondary N) is 1. The van der Waals surface area contributed by atoms with Crippen LogP contribution in [0.1, 0.15) is 32.1 Å². The van der Waals surface area contributed by atoms with E-state index in [1.54, 1.807) is 0 Å². The lowest BCUT2D eigenvalue weighted by molar-refractivity contribution is -0.130. The van der Waals surface area contributed by atoms with Gasteiger partial charge in [-0.1, -0.05) is 6.42 Å². The number of likely N-dealkylation sites (tertiary alicyclic amines) is 1. The van der Waals surface area contributed by atoms with E-state index in [-0.39, 0.29) is 24.8 Å². The van der Waals surface area contributed by atoms with Crippen LogP contribution in [0.15, 0.2) is 0 Å². The Balaban J connectivity index is 0.00000220. The first-order valence-corrected chi connectivity index (χ1v) is 9.07. The largest absolute Gasteiger partial charge is 0.346 e. The molecule has 1 N–H and O–H groups in total. The molecule has 22 heavy (non-hydrogen) atoms. The summed E-state index contributed by atoms with van der Waals surface area (Å²) in [6.45, 7) is 3.15. The first-order valence-electron chi connectivity index (χ1n) is 7.92. The van der Waals surface area contributed by atoms with Gasteiger partial charge in [0.1, 0.15) is 0 Å². The molecule has 7 heteroatoms. The van der Waals surface area contributed by atoms with Crippen LogP contribution in [-0.2, 0) is 4.79 Å². The highest BCUT2D eigenvalue weighted by Crippen LogP contribution is 2.18. The average molecular weight is 372 g/mol. The Morgan fingerprint density at radius 3 is 2.77 bits per heavy atom. The van der Waals surface area contributed by atoms with Gasteiger partial charge in [0, 0.05) is 50.1 Å². The summed E-state index contributed by atoms with van der Waals surface area (Å²) in [7, 11) is 4.18. The number of amides is 1. The van der Waals surface area contributed by atoms with Gasteiger partial charge < -0.3 is 15.1 Å². The molecule has 4 nitrogen and oxygen atoms in total. The maximum atomic E-state index is 12.2. The van der Waals surface area contributed by atoms with Crippen molar-refractivity contribution < 1.29 is 4.79 Å². The molecule has 2 fully saturated rings. The van der Waals surface area contributed by atoms with Crippen molar-refractivity contribution in [3.05, 3.63) is 0 Å². The van der Waals surface area contributed by atoms with Crippen molar-refractivity contribution in [3.63, 3.8) is 0 Å². The number of rotatable bonds is 5. The number of thioether (sulfide) groups is 1. The van der Waals surface area contributed by atoms with Crippen molar-refractivity contribution in [2.24, 2.45) is 0 Å². The van der Waals surface area contributed by atoms with E-state index in [1.807, 2.05) is 23.7 Å². The van der Waals surface area contributed by atoms with E-state index in [4.69, 9.17) is 0 Å². The van der Waals surface area contributed by atoms with Crippen LogP contribution in [0.3, 0.4) is 0 Å². The molecule has 2 unspecified atom stereocenters. The number of hydrogen-bond acceptors (Lipinski definition) is 4. The molecule has 2 atom stereocenters. The summed E-state index contributed by atoms with van der Waals surface area (Å²) in [6.07, 6.45) is 5.73. The van der Waals surface area contributed by atoms with E-state index in [2.05, 4.69) is 17.3 Å². The van der Waals surface area contributed by atoms with E-state index in [0.29, 0.717) is 24.4 Å². The van der Waals surface area contributed by atoms with E-state index >= 15 is 0 Å². The molecule has 0 saturated carbocycles. The normalized spacial score (nSPS) is 25.7. The molecule has 0 aromatic rings. The molecule has 0 spiro atoms. The topological polar surface area (TPSA) is 35.6 Å². The van der Waals surface area contributed by atoms with Gasteiger partial charge >= 0.3 is 0 Å². The Morgan fingerprint density at radius 1 is 1.36 bits per heavy atom. The maximum Gasteiger partial charge on any atom is 0.223 e. The SMILES string of the molecule is CN(CCC1CCCCN1C)C(=O)CC1CSCCN1.Cl.Cl. The molecule has 1 amide bonds. The van der Waals surface area contributed by atoms with E-state index in [9.17, 15) is 4.79 Å². The Labute approximate surface area is 151 Å². The number of halogens is 2. The highest BCUT2D eigenvalue weighted by molar-refractivity contribution is 7.99. The lowest BCUT2D eigenvalue weighted by Gasteiger charge is -2.33. The van der Waals surface area contributed by atoms with Crippen molar-refractivity contribution >= 4 is 42.5 Å². The summed E-state index contributed by atoms with van der Waals surface area (Å²) < 4.78 is 0. The predicted molar refractivity (Wildman–Crippen MR) is 101 cm³/mol. The van der Waals surface area contributed by atoms with Crippen LogP contribution in [0.4, 0.5) is 0 Å². The highest BCUT2D eigenvalue weighted by Gasteiger charge is 2.22. The molecule has 2 saturated heterocycles. The van der Waals surface area contributed by atoms with Gasteiger partial charge in [0.25, 0.3) is 0 Å². The fourth-order valence-corrected chi connectivity index (χ4v) is 4.04. The lowest BCUT2D eigenvalue weighted by Crippen LogP contribution is -2.43. The Bertz CT molecular complexity index is 317. The van der Waals surface area contributed by atoms with Gasteiger partial charge in [-0.3, -0.25) is 4.79 Å². The molecule has 0 aromatic heterocycles. The van der Waals surface area contributed by atoms with Gasteiger partial charge in [-0.15, -0.1) is 24.8 Å². The average Bonchev–Trinajstić information content (AvgIpc) is 2.47. The van der Waals surface area contributed by atoms with Gasteiger partial charge in [0.05, 0.1) is 0 Å². The Hall–Kier alpha value is 0.320. The molecular weight excluding hydrogens is 341 g/mol. The summed E-state index contributed by atoms with van der Waals surface area (Å²) in [4.78, 5) is 16.6. The van der Waals surface area contributed by atoms with Crippen molar-refractivity contribution in [3.8, 4) is 0 Å². The van der Waals surface area contributed by atoms with Crippen LogP contribution in [0.5, 0.6) is 0 Å². The van der Waals surface area contributed by atoms with Gasteiger partial charge in [0.15, 0.2) is 0 Å². The fraction of sp³-hybridized carbons (Fsp3) is 0.933. The first kappa shape index (κ1) is 22.3. The zero-order valence-corrected chi connectivity index (χ0v) is 16.2. The standard InChI is InChI=1S/C15H29N3OS.2ClH/c1-17-8-4-3-5-14(17)6-9-18(2)15(19)11-13-12-20-10-7-16-13;;/h13-14,16H,3-12H2,1-2H3;2*1H. The van der Waals surface area contributed by atoms with Gasteiger partial charge in [-0.2, -0.15) is 11.8 Å². The number of piperidine rings is 1. The van der Waals surface area contributed by atoms with Crippen LogP contribution in [0.25, 0.3) is 0 Å². The minimum absolute atomic E-state index is 0.